The third-order valence-corrected chi connectivity index (χ3v) is 3.08. The Morgan fingerprint density at radius 3 is 2.10 bits per heavy atom. The van der Waals surface area contributed by atoms with Crippen molar-refractivity contribution in [2.24, 2.45) is 0 Å². The molecule has 0 amide bonds. The zero-order chi connectivity index (χ0) is 14.9. The highest BCUT2D eigenvalue weighted by atomic mass is 19.1. The van der Waals surface area contributed by atoms with E-state index >= 15 is 0 Å². The van der Waals surface area contributed by atoms with E-state index in [0.29, 0.717) is 16.9 Å². The largest absolute Gasteiger partial charge is 0.496 e. The Morgan fingerprint density at radius 1 is 1.00 bits per heavy atom. The van der Waals surface area contributed by atoms with Gasteiger partial charge in [-0.15, -0.1) is 0 Å². The van der Waals surface area contributed by atoms with Gasteiger partial charge < -0.3 is 4.74 Å². The molecule has 2 nitrogen and oxygen atoms in total. The maximum absolute atomic E-state index is 14.1. The minimum atomic E-state index is -0.771. The molecule has 0 bridgehead atoms. The van der Waals surface area contributed by atoms with E-state index in [9.17, 15) is 8.78 Å². The van der Waals surface area contributed by atoms with E-state index in [-0.39, 0.29) is 11.1 Å². The van der Waals surface area contributed by atoms with Crippen LogP contribution in [0.25, 0.3) is 11.1 Å². The normalized spacial score (nSPS) is 10.2. The molecule has 0 spiro atoms. The number of hydrogen-bond donors (Lipinski definition) is 0. The Labute approximate surface area is 116 Å². The lowest BCUT2D eigenvalue weighted by Crippen LogP contribution is -1.98. The van der Waals surface area contributed by atoms with Crippen LogP contribution in [0.3, 0.4) is 0 Å². The number of ether oxygens (including phenoxy) is 1. The molecule has 2 aromatic rings. The van der Waals surface area contributed by atoms with Gasteiger partial charge in [-0.05, 0) is 43.2 Å². The summed E-state index contributed by atoms with van der Waals surface area (Å²) in [5.74, 6) is -1.14. The van der Waals surface area contributed by atoms with Crippen molar-refractivity contribution in [2.75, 3.05) is 7.11 Å². The van der Waals surface area contributed by atoms with Crippen LogP contribution in [0.1, 0.15) is 16.7 Å². The minimum absolute atomic E-state index is 0.0486. The molecule has 0 aliphatic carbocycles. The van der Waals surface area contributed by atoms with Crippen molar-refractivity contribution in [1.82, 2.24) is 0 Å². The number of halogens is 2. The van der Waals surface area contributed by atoms with E-state index in [1.807, 2.05) is 13.0 Å². The van der Waals surface area contributed by atoms with Gasteiger partial charge in [-0.2, -0.15) is 5.26 Å². The number of benzene rings is 2. The zero-order valence-corrected chi connectivity index (χ0v) is 11.4. The highest BCUT2D eigenvalue weighted by molar-refractivity contribution is 5.76. The van der Waals surface area contributed by atoms with Gasteiger partial charge in [0.2, 0.25) is 0 Å². The first-order valence-corrected chi connectivity index (χ1v) is 6.02. The fraction of sp³-hybridized carbons (Fsp3) is 0.188. The third-order valence-electron chi connectivity index (χ3n) is 3.08. The Kier molecular flexibility index (Phi) is 3.71. The predicted molar refractivity (Wildman–Crippen MR) is 72.5 cm³/mol. The summed E-state index contributed by atoms with van der Waals surface area (Å²) < 4.78 is 33.5. The second-order valence-electron chi connectivity index (χ2n) is 4.59. The highest BCUT2D eigenvalue weighted by Gasteiger charge is 2.19. The van der Waals surface area contributed by atoms with Crippen LogP contribution in [-0.4, -0.2) is 7.11 Å². The molecule has 2 rings (SSSR count). The zero-order valence-electron chi connectivity index (χ0n) is 11.4. The van der Waals surface area contributed by atoms with Crippen LogP contribution in [0.5, 0.6) is 5.75 Å². The van der Waals surface area contributed by atoms with Gasteiger partial charge in [0.25, 0.3) is 0 Å². The van der Waals surface area contributed by atoms with E-state index in [0.717, 1.165) is 17.7 Å². The van der Waals surface area contributed by atoms with Gasteiger partial charge in [-0.25, -0.2) is 8.78 Å². The van der Waals surface area contributed by atoms with E-state index in [2.05, 4.69) is 0 Å². The molecular weight excluding hydrogens is 260 g/mol. The summed E-state index contributed by atoms with van der Waals surface area (Å²) in [5.41, 5.74) is 1.81. The smallest absolute Gasteiger partial charge is 0.135 e. The molecule has 102 valence electrons. The Bertz CT molecular complexity index is 694. The molecule has 0 saturated heterocycles. The lowest BCUT2D eigenvalue weighted by molar-refractivity contribution is 0.415. The van der Waals surface area contributed by atoms with Crippen molar-refractivity contribution >= 4 is 0 Å². The Balaban J connectivity index is 2.79. The van der Waals surface area contributed by atoms with Crippen molar-refractivity contribution in [3.63, 3.8) is 0 Å². The summed E-state index contributed by atoms with van der Waals surface area (Å²) >= 11 is 0. The van der Waals surface area contributed by atoms with Gasteiger partial charge >= 0.3 is 0 Å². The lowest BCUT2D eigenvalue weighted by Gasteiger charge is -2.14. The fourth-order valence-electron chi connectivity index (χ4n) is 2.29. The first-order valence-electron chi connectivity index (χ1n) is 6.02. The maximum atomic E-state index is 14.1. The van der Waals surface area contributed by atoms with Crippen molar-refractivity contribution in [1.29, 1.82) is 5.26 Å². The third kappa shape index (κ3) is 2.35. The first kappa shape index (κ1) is 14.0. The first-order chi connectivity index (χ1) is 9.47. The SMILES string of the molecule is COc1cc(C)cc(C)c1-c1c(F)cc(C#N)cc1F. The molecule has 4 heteroatoms. The Morgan fingerprint density at radius 2 is 1.60 bits per heavy atom. The van der Waals surface area contributed by atoms with Gasteiger partial charge in [-0.1, -0.05) is 6.07 Å². The minimum Gasteiger partial charge on any atom is -0.496 e. The van der Waals surface area contributed by atoms with Gasteiger partial charge in [0.05, 0.1) is 24.3 Å². The molecule has 0 N–H and O–H groups in total. The summed E-state index contributed by atoms with van der Waals surface area (Å²) in [7, 11) is 1.46. The molecule has 0 aliphatic heterocycles. The number of methoxy groups -OCH3 is 1. The predicted octanol–water partition coefficient (Wildman–Crippen LogP) is 4.13. The molecule has 0 aromatic heterocycles. The van der Waals surface area contributed by atoms with Crippen LogP contribution in [0.15, 0.2) is 24.3 Å². The maximum Gasteiger partial charge on any atom is 0.135 e. The molecular formula is C16H13F2NO. The quantitative estimate of drug-likeness (QED) is 0.824. The van der Waals surface area contributed by atoms with Crippen LogP contribution in [-0.2, 0) is 0 Å². The van der Waals surface area contributed by atoms with Crippen molar-refractivity contribution in [2.45, 2.75) is 13.8 Å². The van der Waals surface area contributed by atoms with Crippen LogP contribution >= 0.6 is 0 Å². The second kappa shape index (κ2) is 5.30. The number of rotatable bonds is 2. The summed E-state index contributed by atoms with van der Waals surface area (Å²) in [4.78, 5) is 0. The second-order valence-corrected chi connectivity index (χ2v) is 4.59. The van der Waals surface area contributed by atoms with Crippen molar-refractivity contribution < 1.29 is 13.5 Å². The van der Waals surface area contributed by atoms with Crippen molar-refractivity contribution in [3.8, 4) is 22.9 Å². The summed E-state index contributed by atoms with van der Waals surface area (Å²) in [6.07, 6.45) is 0. The molecule has 0 saturated carbocycles. The van der Waals surface area contributed by atoms with Crippen LogP contribution in [0, 0.1) is 36.8 Å². The number of nitriles is 1. The number of hydrogen-bond acceptors (Lipinski definition) is 2. The molecule has 0 atom stereocenters. The fourth-order valence-corrected chi connectivity index (χ4v) is 2.29. The standard InChI is InChI=1S/C16H13F2NO/c1-9-4-10(2)15(14(5-9)20-3)16-12(17)6-11(8-19)7-13(16)18/h4-7H,1-3H3. The highest BCUT2D eigenvalue weighted by Crippen LogP contribution is 2.37. The van der Waals surface area contributed by atoms with E-state index in [1.54, 1.807) is 19.1 Å². The number of aryl methyl sites for hydroxylation is 2. The van der Waals surface area contributed by atoms with Gasteiger partial charge in [0, 0.05) is 5.56 Å². The van der Waals surface area contributed by atoms with Crippen molar-refractivity contribution in [3.05, 3.63) is 52.6 Å². The molecule has 0 fully saturated rings. The van der Waals surface area contributed by atoms with Gasteiger partial charge in [0.15, 0.2) is 0 Å². The summed E-state index contributed by atoms with van der Waals surface area (Å²) in [6.45, 7) is 3.65. The summed E-state index contributed by atoms with van der Waals surface area (Å²) in [5, 5.41) is 8.73. The topological polar surface area (TPSA) is 33.0 Å². The molecule has 0 unspecified atom stereocenters. The molecule has 0 heterocycles. The lowest BCUT2D eigenvalue weighted by atomic mass is 9.95. The molecule has 20 heavy (non-hydrogen) atoms. The van der Waals surface area contributed by atoms with Gasteiger partial charge in [0.1, 0.15) is 17.4 Å². The van der Waals surface area contributed by atoms with E-state index in [4.69, 9.17) is 10.00 Å². The van der Waals surface area contributed by atoms with Gasteiger partial charge in [-0.3, -0.25) is 0 Å². The van der Waals surface area contributed by atoms with E-state index in [1.165, 1.54) is 7.11 Å². The van der Waals surface area contributed by atoms with E-state index < -0.39 is 11.6 Å². The van der Waals surface area contributed by atoms with Crippen LogP contribution in [0.4, 0.5) is 8.78 Å². The van der Waals surface area contributed by atoms with Crippen LogP contribution < -0.4 is 4.74 Å². The number of nitrogens with zero attached hydrogens (tertiary/aromatic N) is 1. The summed E-state index contributed by atoms with van der Waals surface area (Å²) in [6, 6.07) is 7.33. The van der Waals surface area contributed by atoms with Crippen LogP contribution in [0.2, 0.25) is 0 Å². The molecule has 0 aliphatic rings. The monoisotopic (exact) mass is 273 g/mol. The average Bonchev–Trinajstić information content (AvgIpc) is 2.39. The molecule has 2 aromatic carbocycles. The average molecular weight is 273 g/mol. The molecule has 0 radical (unpaired) electrons. The Hall–Kier alpha value is -2.41.